The lowest BCUT2D eigenvalue weighted by molar-refractivity contribution is -0.131. The van der Waals surface area contributed by atoms with Crippen molar-refractivity contribution in [3.05, 3.63) is 83.2 Å². The Morgan fingerprint density at radius 3 is 2.56 bits per heavy atom. The zero-order chi connectivity index (χ0) is 19.0. The lowest BCUT2D eigenvalue weighted by Gasteiger charge is -2.28. The Bertz CT molecular complexity index is 1120. The van der Waals surface area contributed by atoms with Crippen molar-refractivity contribution in [2.45, 2.75) is 12.8 Å². The van der Waals surface area contributed by atoms with Crippen molar-refractivity contribution < 1.29 is 14.3 Å². The van der Waals surface area contributed by atoms with Crippen LogP contribution in [0, 0.1) is 11.3 Å². The summed E-state index contributed by atoms with van der Waals surface area (Å²) in [7, 11) is 0. The number of allylic oxidation sites excluding steroid dienone is 1. The molecule has 0 saturated heterocycles. The normalized spacial score (nSPS) is 15.6. The van der Waals surface area contributed by atoms with Gasteiger partial charge in [-0.3, -0.25) is 4.79 Å². The van der Waals surface area contributed by atoms with Crippen molar-refractivity contribution in [1.29, 1.82) is 5.26 Å². The average Bonchev–Trinajstić information content (AvgIpc) is 2.67. The fraction of sp³-hybridized carbons (Fsp3) is 0.0909. The van der Waals surface area contributed by atoms with E-state index in [1.165, 1.54) is 6.92 Å². The molecule has 5 heteroatoms. The monoisotopic (exact) mass is 356 g/mol. The van der Waals surface area contributed by atoms with Crippen LogP contribution >= 0.6 is 0 Å². The second kappa shape index (κ2) is 6.50. The first kappa shape index (κ1) is 16.7. The molecule has 0 saturated carbocycles. The summed E-state index contributed by atoms with van der Waals surface area (Å²) in [5.41, 5.74) is 8.17. The van der Waals surface area contributed by atoms with Crippen molar-refractivity contribution in [3.63, 3.8) is 0 Å². The number of nitriles is 1. The topological polar surface area (TPSA) is 85.3 Å². The molecule has 0 fully saturated rings. The quantitative estimate of drug-likeness (QED) is 0.554. The van der Waals surface area contributed by atoms with Gasteiger partial charge in [0.25, 0.3) is 0 Å². The third-order valence-electron chi connectivity index (χ3n) is 4.59. The maximum absolute atomic E-state index is 11.1. The van der Waals surface area contributed by atoms with Gasteiger partial charge in [-0.25, -0.2) is 0 Å². The predicted octanol–water partition coefficient (Wildman–Crippen LogP) is 3.98. The highest BCUT2D eigenvalue weighted by Crippen LogP contribution is 2.45. The van der Waals surface area contributed by atoms with Gasteiger partial charge in [0.15, 0.2) is 0 Å². The molecule has 27 heavy (non-hydrogen) atoms. The van der Waals surface area contributed by atoms with E-state index in [9.17, 15) is 10.1 Å². The van der Waals surface area contributed by atoms with Crippen molar-refractivity contribution in [3.8, 4) is 17.6 Å². The first-order valence-electron chi connectivity index (χ1n) is 8.46. The van der Waals surface area contributed by atoms with Crippen molar-refractivity contribution in [1.82, 2.24) is 0 Å². The van der Waals surface area contributed by atoms with Crippen LogP contribution in [-0.2, 0) is 4.79 Å². The highest BCUT2D eigenvalue weighted by Gasteiger charge is 2.32. The summed E-state index contributed by atoms with van der Waals surface area (Å²) in [6, 6.07) is 21.1. The average molecular weight is 356 g/mol. The fourth-order valence-electron chi connectivity index (χ4n) is 3.47. The Morgan fingerprint density at radius 1 is 1.11 bits per heavy atom. The summed E-state index contributed by atoms with van der Waals surface area (Å²) in [6.07, 6.45) is 0. The standard InChI is InChI=1S/C22H16N2O3/c1-13(25)26-16-9-6-15(7-10-16)20-18(12-23)22(24)27-19-11-8-14-4-2-3-5-17(14)21(19)20/h2-11,20H,24H2,1H3. The van der Waals surface area contributed by atoms with E-state index in [2.05, 4.69) is 6.07 Å². The first-order chi connectivity index (χ1) is 13.1. The van der Waals surface area contributed by atoms with Gasteiger partial charge in [-0.1, -0.05) is 42.5 Å². The number of ether oxygens (including phenoxy) is 2. The minimum absolute atomic E-state index is 0.106. The number of hydrogen-bond acceptors (Lipinski definition) is 5. The molecule has 1 heterocycles. The number of nitrogens with zero attached hydrogens (tertiary/aromatic N) is 1. The number of hydrogen-bond donors (Lipinski definition) is 1. The zero-order valence-electron chi connectivity index (χ0n) is 14.6. The number of carbonyl (C=O) groups excluding carboxylic acids is 1. The van der Waals surface area contributed by atoms with Gasteiger partial charge >= 0.3 is 5.97 Å². The van der Waals surface area contributed by atoms with E-state index in [1.807, 2.05) is 48.5 Å². The molecule has 3 aromatic rings. The third kappa shape index (κ3) is 2.87. The Hall–Kier alpha value is -3.78. The van der Waals surface area contributed by atoms with Crippen LogP contribution in [-0.4, -0.2) is 5.97 Å². The maximum Gasteiger partial charge on any atom is 0.308 e. The van der Waals surface area contributed by atoms with Gasteiger partial charge < -0.3 is 15.2 Å². The maximum atomic E-state index is 11.1. The Kier molecular flexibility index (Phi) is 4.02. The molecule has 132 valence electrons. The van der Waals surface area contributed by atoms with Crippen molar-refractivity contribution in [2.24, 2.45) is 5.73 Å². The molecular formula is C22H16N2O3. The van der Waals surface area contributed by atoms with Gasteiger partial charge in [0, 0.05) is 12.5 Å². The molecule has 0 aromatic heterocycles. The lowest BCUT2D eigenvalue weighted by atomic mass is 9.81. The van der Waals surface area contributed by atoms with E-state index < -0.39 is 0 Å². The van der Waals surface area contributed by atoms with E-state index in [0.29, 0.717) is 17.1 Å². The third-order valence-corrected chi connectivity index (χ3v) is 4.59. The number of fused-ring (bicyclic) bond motifs is 3. The van der Waals surface area contributed by atoms with Crippen molar-refractivity contribution >= 4 is 16.7 Å². The molecule has 0 amide bonds. The largest absolute Gasteiger partial charge is 0.440 e. The summed E-state index contributed by atoms with van der Waals surface area (Å²) >= 11 is 0. The molecule has 4 rings (SSSR count). The van der Waals surface area contributed by atoms with Crippen LogP contribution in [0.4, 0.5) is 0 Å². The Morgan fingerprint density at radius 2 is 1.85 bits per heavy atom. The van der Waals surface area contributed by atoms with Crippen LogP contribution < -0.4 is 15.2 Å². The van der Waals surface area contributed by atoms with Gasteiger partial charge in [-0.05, 0) is 34.5 Å². The van der Waals surface area contributed by atoms with Gasteiger partial charge in [0.1, 0.15) is 23.1 Å². The van der Waals surface area contributed by atoms with Crippen LogP contribution in [0.2, 0.25) is 0 Å². The highest BCUT2D eigenvalue weighted by atomic mass is 16.5. The van der Waals surface area contributed by atoms with E-state index in [0.717, 1.165) is 21.9 Å². The number of carbonyl (C=O) groups is 1. The molecule has 0 aliphatic carbocycles. The predicted molar refractivity (Wildman–Crippen MR) is 101 cm³/mol. The molecule has 3 aromatic carbocycles. The van der Waals surface area contributed by atoms with Crippen molar-refractivity contribution in [2.75, 3.05) is 0 Å². The minimum atomic E-state index is -0.382. The van der Waals surface area contributed by atoms with E-state index in [1.54, 1.807) is 12.1 Å². The van der Waals surface area contributed by atoms with Crippen LogP contribution in [0.5, 0.6) is 11.5 Å². The molecule has 1 unspecified atom stereocenters. The van der Waals surface area contributed by atoms with Gasteiger partial charge in [0.05, 0.1) is 5.92 Å². The Balaban J connectivity index is 1.92. The molecule has 0 bridgehead atoms. The number of benzene rings is 3. The van der Waals surface area contributed by atoms with Gasteiger partial charge in [-0.2, -0.15) is 5.26 Å². The summed E-state index contributed by atoms with van der Waals surface area (Å²) in [4.78, 5) is 11.1. The molecule has 1 atom stereocenters. The van der Waals surface area contributed by atoms with E-state index >= 15 is 0 Å². The number of esters is 1. The summed E-state index contributed by atoms with van der Waals surface area (Å²) < 4.78 is 10.8. The summed E-state index contributed by atoms with van der Waals surface area (Å²) in [5, 5.41) is 11.8. The number of nitrogens with two attached hydrogens (primary N) is 1. The molecule has 0 spiro atoms. The minimum Gasteiger partial charge on any atom is -0.440 e. The second-order valence-electron chi connectivity index (χ2n) is 6.29. The fourth-order valence-corrected chi connectivity index (χ4v) is 3.47. The molecule has 5 nitrogen and oxygen atoms in total. The second-order valence-corrected chi connectivity index (χ2v) is 6.29. The van der Waals surface area contributed by atoms with Crippen LogP contribution in [0.3, 0.4) is 0 Å². The zero-order valence-corrected chi connectivity index (χ0v) is 14.6. The smallest absolute Gasteiger partial charge is 0.308 e. The molecule has 1 aliphatic rings. The van der Waals surface area contributed by atoms with Crippen LogP contribution in [0.1, 0.15) is 24.0 Å². The molecule has 2 N–H and O–H groups in total. The van der Waals surface area contributed by atoms with E-state index in [-0.39, 0.29) is 17.8 Å². The van der Waals surface area contributed by atoms with Gasteiger partial charge in [0.2, 0.25) is 5.88 Å². The summed E-state index contributed by atoms with van der Waals surface area (Å²) in [5.74, 6) is 0.448. The number of rotatable bonds is 2. The first-order valence-corrected chi connectivity index (χ1v) is 8.46. The SMILES string of the molecule is CC(=O)Oc1ccc(C2C(C#N)=C(N)Oc3ccc4ccccc4c32)cc1. The van der Waals surface area contributed by atoms with Gasteiger partial charge in [-0.15, -0.1) is 0 Å². The highest BCUT2D eigenvalue weighted by molar-refractivity contribution is 5.90. The van der Waals surface area contributed by atoms with E-state index in [4.69, 9.17) is 15.2 Å². The molecular weight excluding hydrogens is 340 g/mol. The molecule has 0 radical (unpaired) electrons. The Labute approximate surface area is 156 Å². The molecule has 1 aliphatic heterocycles. The summed E-state index contributed by atoms with van der Waals surface area (Å²) in [6.45, 7) is 1.35. The van der Waals surface area contributed by atoms with Crippen LogP contribution in [0.25, 0.3) is 10.8 Å². The van der Waals surface area contributed by atoms with Crippen LogP contribution in [0.15, 0.2) is 72.1 Å². The lowest BCUT2D eigenvalue weighted by Crippen LogP contribution is -2.21.